The number of carbonyl (C=O) groups excluding carboxylic acids is 1. The molecule has 1 aliphatic heterocycles. The Balaban J connectivity index is 2.02. The maximum atomic E-state index is 12.4. The van der Waals surface area contributed by atoms with Crippen LogP contribution in [0.4, 0.5) is 0 Å². The molecule has 1 aliphatic carbocycles. The lowest BCUT2D eigenvalue weighted by Crippen LogP contribution is -2.44. The van der Waals surface area contributed by atoms with E-state index in [0.29, 0.717) is 23.3 Å². The van der Waals surface area contributed by atoms with Gasteiger partial charge in [0.15, 0.2) is 0 Å². The fourth-order valence-corrected chi connectivity index (χ4v) is 3.38. The van der Waals surface area contributed by atoms with Crippen LogP contribution >= 0.6 is 0 Å². The van der Waals surface area contributed by atoms with Gasteiger partial charge in [-0.3, -0.25) is 10.1 Å². The summed E-state index contributed by atoms with van der Waals surface area (Å²) in [6.45, 7) is 9.71. The Hall–Kier alpha value is -0.570. The SMILES string of the molecule is CC(C)CC1NCN(C2CCCC2(C)C)C1=O. The van der Waals surface area contributed by atoms with Crippen molar-refractivity contribution >= 4 is 5.91 Å². The predicted octanol–water partition coefficient (Wildman–Crippen LogP) is 2.37. The molecule has 1 amide bonds. The minimum Gasteiger partial charge on any atom is -0.325 e. The Labute approximate surface area is 105 Å². The van der Waals surface area contributed by atoms with Crippen LogP contribution in [-0.4, -0.2) is 29.6 Å². The van der Waals surface area contributed by atoms with Gasteiger partial charge in [-0.1, -0.05) is 34.1 Å². The van der Waals surface area contributed by atoms with Crippen LogP contribution in [0.15, 0.2) is 0 Å². The van der Waals surface area contributed by atoms with Gasteiger partial charge >= 0.3 is 0 Å². The van der Waals surface area contributed by atoms with Gasteiger partial charge in [-0.05, 0) is 30.6 Å². The summed E-state index contributed by atoms with van der Waals surface area (Å²) in [4.78, 5) is 14.5. The van der Waals surface area contributed by atoms with Crippen molar-refractivity contribution in [2.24, 2.45) is 11.3 Å². The van der Waals surface area contributed by atoms with Gasteiger partial charge in [0.05, 0.1) is 12.7 Å². The lowest BCUT2D eigenvalue weighted by molar-refractivity contribution is -0.132. The number of amides is 1. The average molecular weight is 238 g/mol. The molecular formula is C14H26N2O. The summed E-state index contributed by atoms with van der Waals surface area (Å²) >= 11 is 0. The lowest BCUT2D eigenvalue weighted by atomic mass is 9.86. The predicted molar refractivity (Wildman–Crippen MR) is 69.5 cm³/mol. The van der Waals surface area contributed by atoms with Crippen LogP contribution in [0.2, 0.25) is 0 Å². The van der Waals surface area contributed by atoms with E-state index in [-0.39, 0.29) is 6.04 Å². The van der Waals surface area contributed by atoms with E-state index in [1.165, 1.54) is 19.3 Å². The van der Waals surface area contributed by atoms with Crippen LogP contribution in [0.3, 0.4) is 0 Å². The first-order valence-corrected chi connectivity index (χ1v) is 6.95. The Bertz CT molecular complexity index is 299. The zero-order chi connectivity index (χ0) is 12.6. The molecule has 3 heteroatoms. The smallest absolute Gasteiger partial charge is 0.241 e. The van der Waals surface area contributed by atoms with Crippen LogP contribution in [0.1, 0.15) is 53.4 Å². The van der Waals surface area contributed by atoms with Crippen molar-refractivity contribution in [1.29, 1.82) is 0 Å². The first-order valence-electron chi connectivity index (χ1n) is 6.95. The highest BCUT2D eigenvalue weighted by Gasteiger charge is 2.44. The molecule has 0 aromatic rings. The van der Waals surface area contributed by atoms with Gasteiger partial charge in [-0.15, -0.1) is 0 Å². The van der Waals surface area contributed by atoms with Crippen molar-refractivity contribution in [2.75, 3.05) is 6.67 Å². The van der Waals surface area contributed by atoms with Gasteiger partial charge in [0, 0.05) is 6.04 Å². The van der Waals surface area contributed by atoms with Crippen molar-refractivity contribution in [1.82, 2.24) is 10.2 Å². The molecule has 2 atom stereocenters. The monoisotopic (exact) mass is 238 g/mol. The zero-order valence-corrected chi connectivity index (χ0v) is 11.6. The Kier molecular flexibility index (Phi) is 3.48. The number of hydrogen-bond donors (Lipinski definition) is 1. The van der Waals surface area contributed by atoms with Crippen molar-refractivity contribution in [3.8, 4) is 0 Å². The molecule has 0 spiro atoms. The van der Waals surface area contributed by atoms with Gasteiger partial charge < -0.3 is 4.90 Å². The molecule has 3 nitrogen and oxygen atoms in total. The first-order chi connectivity index (χ1) is 7.92. The van der Waals surface area contributed by atoms with Gasteiger partial charge in [0.2, 0.25) is 5.91 Å². The van der Waals surface area contributed by atoms with E-state index >= 15 is 0 Å². The molecule has 2 fully saturated rings. The van der Waals surface area contributed by atoms with Crippen molar-refractivity contribution < 1.29 is 4.79 Å². The Morgan fingerprint density at radius 1 is 1.47 bits per heavy atom. The Morgan fingerprint density at radius 3 is 2.71 bits per heavy atom. The second-order valence-electron chi connectivity index (χ2n) is 6.75. The number of hydrogen-bond acceptors (Lipinski definition) is 2. The second-order valence-corrected chi connectivity index (χ2v) is 6.75. The summed E-state index contributed by atoms with van der Waals surface area (Å²) in [7, 11) is 0. The van der Waals surface area contributed by atoms with Crippen LogP contribution in [0, 0.1) is 11.3 Å². The van der Waals surface area contributed by atoms with Crippen molar-refractivity contribution in [2.45, 2.75) is 65.5 Å². The fourth-order valence-electron chi connectivity index (χ4n) is 3.38. The third-order valence-electron chi connectivity index (χ3n) is 4.37. The molecule has 17 heavy (non-hydrogen) atoms. The summed E-state index contributed by atoms with van der Waals surface area (Å²) in [5.74, 6) is 0.909. The van der Waals surface area contributed by atoms with Crippen LogP contribution in [0.5, 0.6) is 0 Å². The standard InChI is InChI=1S/C14H26N2O/c1-10(2)8-11-13(17)16(9-15-11)12-6-5-7-14(12,3)4/h10-12,15H,5-9H2,1-4H3. The largest absolute Gasteiger partial charge is 0.325 e. The molecule has 0 aromatic carbocycles. The Morgan fingerprint density at radius 2 is 2.18 bits per heavy atom. The van der Waals surface area contributed by atoms with E-state index < -0.39 is 0 Å². The summed E-state index contributed by atoms with van der Waals surface area (Å²) in [6.07, 6.45) is 4.64. The van der Waals surface area contributed by atoms with E-state index in [1.54, 1.807) is 0 Å². The summed E-state index contributed by atoms with van der Waals surface area (Å²) in [5, 5.41) is 3.38. The average Bonchev–Trinajstić information content (AvgIpc) is 2.71. The second kappa shape index (κ2) is 4.60. The zero-order valence-electron chi connectivity index (χ0n) is 11.6. The third kappa shape index (κ3) is 2.49. The molecule has 1 heterocycles. The first kappa shape index (κ1) is 12.9. The summed E-state index contributed by atoms with van der Waals surface area (Å²) in [5.41, 5.74) is 0.296. The number of nitrogens with one attached hydrogen (secondary N) is 1. The maximum Gasteiger partial charge on any atom is 0.241 e. The lowest BCUT2D eigenvalue weighted by Gasteiger charge is -2.34. The molecule has 1 N–H and O–H groups in total. The summed E-state index contributed by atoms with van der Waals surface area (Å²) < 4.78 is 0. The highest BCUT2D eigenvalue weighted by Crippen LogP contribution is 2.41. The maximum absolute atomic E-state index is 12.4. The molecule has 0 radical (unpaired) electrons. The van der Waals surface area contributed by atoms with E-state index in [9.17, 15) is 4.79 Å². The number of nitrogens with zero attached hydrogens (tertiary/aromatic N) is 1. The van der Waals surface area contributed by atoms with Gasteiger partial charge in [-0.25, -0.2) is 0 Å². The van der Waals surface area contributed by atoms with Crippen LogP contribution in [0.25, 0.3) is 0 Å². The molecule has 2 rings (SSSR count). The van der Waals surface area contributed by atoms with Crippen molar-refractivity contribution in [3.05, 3.63) is 0 Å². The number of carbonyl (C=O) groups is 1. The van der Waals surface area contributed by atoms with E-state index in [2.05, 4.69) is 37.9 Å². The van der Waals surface area contributed by atoms with E-state index in [1.807, 2.05) is 0 Å². The van der Waals surface area contributed by atoms with E-state index in [0.717, 1.165) is 13.1 Å². The van der Waals surface area contributed by atoms with Gasteiger partial charge in [0.1, 0.15) is 0 Å². The number of rotatable bonds is 3. The van der Waals surface area contributed by atoms with Crippen LogP contribution < -0.4 is 5.32 Å². The highest BCUT2D eigenvalue weighted by molar-refractivity contribution is 5.84. The molecule has 2 unspecified atom stereocenters. The van der Waals surface area contributed by atoms with Gasteiger partial charge in [0.25, 0.3) is 0 Å². The quantitative estimate of drug-likeness (QED) is 0.818. The van der Waals surface area contributed by atoms with Crippen molar-refractivity contribution in [3.63, 3.8) is 0 Å². The van der Waals surface area contributed by atoms with E-state index in [4.69, 9.17) is 0 Å². The summed E-state index contributed by atoms with van der Waals surface area (Å²) in [6, 6.07) is 0.506. The molecule has 0 bridgehead atoms. The minimum absolute atomic E-state index is 0.0615. The molecule has 2 aliphatic rings. The molecule has 0 aromatic heterocycles. The molecule has 1 saturated carbocycles. The minimum atomic E-state index is 0.0615. The fraction of sp³-hybridized carbons (Fsp3) is 0.929. The molecular weight excluding hydrogens is 212 g/mol. The molecule has 1 saturated heterocycles. The van der Waals surface area contributed by atoms with Gasteiger partial charge in [-0.2, -0.15) is 0 Å². The molecule has 98 valence electrons. The third-order valence-corrected chi connectivity index (χ3v) is 4.37. The van der Waals surface area contributed by atoms with Crippen LogP contribution in [-0.2, 0) is 4.79 Å². The topological polar surface area (TPSA) is 32.3 Å². The highest BCUT2D eigenvalue weighted by atomic mass is 16.2. The normalized spacial score (nSPS) is 32.8.